The molecule has 2 aromatic rings. The number of carbonyl (C=O) groups excluding carboxylic acids is 3. The molecule has 3 aliphatic rings. The molecule has 2 aromatic heterocycles. The molecule has 11 heteroatoms. The number of methoxy groups -OCH3 is 1. The van der Waals surface area contributed by atoms with Gasteiger partial charge in [0, 0.05) is 36.2 Å². The first-order chi connectivity index (χ1) is 34.0. The molecular weight excluding hydrogens is 907 g/mol. The van der Waals surface area contributed by atoms with Crippen molar-refractivity contribution in [1.82, 2.24) is 14.9 Å². The monoisotopic (exact) mass is 996 g/mol. The van der Waals surface area contributed by atoms with Crippen LogP contribution >= 0.6 is 0 Å². The van der Waals surface area contributed by atoms with Crippen LogP contribution in [0.2, 0.25) is 0 Å². The molecule has 5 heterocycles. The van der Waals surface area contributed by atoms with Gasteiger partial charge in [-0.1, -0.05) is 130 Å². The summed E-state index contributed by atoms with van der Waals surface area (Å²) in [6.07, 6.45) is 18.0. The summed E-state index contributed by atoms with van der Waals surface area (Å²) in [6.45, 7) is 31.7. The standard InChI is InChI=1S/C61H88N5O5.Mg/c1-15-31-66(32-16-2)61(69)58-45(13)53-37-55-47(18-4)43(11)51(63-55)36-54-46(17-3)42(10)50(62-54)35-52-44(12)48(59(64-52)49(60(58)65-53)34-57(68)70-14)28-29-56(67)71-33-30-41(9)27-21-26-40(8)25-20-24-39(7)23-19-22-38(5)6;/h17,30,35-40,44,48H,3,15-16,18-29,31-34H2,1-2,4-14H3,(H-,62,63,64,65,69);/q-1;+2/p+1. The van der Waals surface area contributed by atoms with Crippen molar-refractivity contribution in [2.75, 3.05) is 26.8 Å². The van der Waals surface area contributed by atoms with Gasteiger partial charge in [0.15, 0.2) is 0 Å². The number of allylic oxidation sites excluding steroid dienone is 5. The van der Waals surface area contributed by atoms with Crippen LogP contribution in [0.25, 0.3) is 33.3 Å². The van der Waals surface area contributed by atoms with E-state index in [1.165, 1.54) is 57.6 Å². The average molecular weight is 997 g/mol. The Hall–Kier alpha value is -4.48. The van der Waals surface area contributed by atoms with E-state index in [9.17, 15) is 14.4 Å². The number of aromatic nitrogens is 4. The molecule has 0 spiro atoms. The quantitative estimate of drug-likeness (QED) is 0.0521. The number of rotatable bonds is 26. The van der Waals surface area contributed by atoms with Crippen molar-refractivity contribution in [2.24, 2.45) is 17.8 Å². The number of nitrogens with one attached hydrogen (secondary N) is 2. The normalized spacial score (nSPS) is 16.1. The molecule has 5 rings (SSSR count). The Morgan fingerprint density at radius 2 is 1.42 bits per heavy atom. The summed E-state index contributed by atoms with van der Waals surface area (Å²) in [5.41, 5.74) is 13.5. The fourth-order valence-electron chi connectivity index (χ4n) is 10.8. The van der Waals surface area contributed by atoms with Crippen LogP contribution in [0.15, 0.2) is 42.5 Å². The van der Waals surface area contributed by atoms with E-state index in [0.29, 0.717) is 48.0 Å². The topological polar surface area (TPSA) is 129 Å². The van der Waals surface area contributed by atoms with Gasteiger partial charge < -0.3 is 24.3 Å². The van der Waals surface area contributed by atoms with Gasteiger partial charge in [0.05, 0.1) is 19.1 Å². The Morgan fingerprint density at radius 3 is 2.03 bits per heavy atom. The van der Waals surface area contributed by atoms with Gasteiger partial charge in [-0.3, -0.25) is 14.4 Å². The van der Waals surface area contributed by atoms with Gasteiger partial charge in [0.2, 0.25) is 22.8 Å². The summed E-state index contributed by atoms with van der Waals surface area (Å²) < 4.78 is 11.2. The van der Waals surface area contributed by atoms with E-state index in [1.807, 2.05) is 30.0 Å². The molecular formula is C61H89MgN5O5+2. The zero-order valence-corrected chi connectivity index (χ0v) is 48.2. The molecule has 72 heavy (non-hydrogen) atoms. The molecule has 0 aliphatic carbocycles. The summed E-state index contributed by atoms with van der Waals surface area (Å²) >= 11 is 0. The number of H-pyrrole nitrogens is 2. The fraction of sp³-hybridized carbons (Fsp3) is 0.590. The number of fused-ring (bicyclic) bond motifs is 8. The van der Waals surface area contributed by atoms with E-state index in [2.05, 4.69) is 105 Å². The van der Waals surface area contributed by atoms with Gasteiger partial charge in [-0.25, -0.2) is 9.97 Å². The third kappa shape index (κ3) is 15.5. The van der Waals surface area contributed by atoms with Gasteiger partial charge in [-0.05, 0) is 120 Å². The van der Waals surface area contributed by atoms with E-state index in [0.717, 1.165) is 106 Å². The van der Waals surface area contributed by atoms with E-state index in [-0.39, 0.29) is 66.2 Å². The SMILES string of the molecule is C=CC1=C(C)c2cc3[n-]c(c(CC(=O)OC)c4[nH+]c(cc5[n-]c(cc1[nH+]2)c(C)c5CC)C(C)=C4C(=O)N(CCC)CCC)C(CCC(=O)OCC=C(C)CCCC(C)CCCC(C)CCCC(C)C)C3C.[Mg+2]. The molecule has 4 atom stereocenters. The van der Waals surface area contributed by atoms with Crippen LogP contribution in [-0.4, -0.2) is 72.6 Å². The molecule has 0 fully saturated rings. The number of hydrogen-bond acceptors (Lipinski definition) is 5. The first kappa shape index (κ1) is 60.1. The van der Waals surface area contributed by atoms with Crippen molar-refractivity contribution < 1.29 is 33.8 Å². The Balaban J connectivity index is 0.0000112. The number of amides is 1. The third-order valence-corrected chi connectivity index (χ3v) is 15.2. The van der Waals surface area contributed by atoms with Crippen molar-refractivity contribution in [3.05, 3.63) is 93.4 Å². The maximum Gasteiger partial charge on any atom is 2.00 e. The van der Waals surface area contributed by atoms with Gasteiger partial charge >= 0.3 is 35.0 Å². The van der Waals surface area contributed by atoms with Crippen LogP contribution in [-0.2, 0) is 36.7 Å². The summed E-state index contributed by atoms with van der Waals surface area (Å²) in [5.74, 6) is 1.04. The number of aryl methyl sites for hydroxylation is 2. The van der Waals surface area contributed by atoms with E-state index in [4.69, 9.17) is 19.4 Å². The average Bonchev–Trinajstić information content (AvgIpc) is 4.01. The van der Waals surface area contributed by atoms with Crippen molar-refractivity contribution >= 4 is 74.2 Å². The van der Waals surface area contributed by atoms with E-state index >= 15 is 0 Å². The number of esters is 2. The fourth-order valence-corrected chi connectivity index (χ4v) is 10.8. The number of aromatic amines is 2. The second-order valence-corrected chi connectivity index (χ2v) is 21.4. The number of hydrogen-bond donors (Lipinski definition) is 0. The van der Waals surface area contributed by atoms with E-state index < -0.39 is 5.97 Å². The first-order valence-corrected chi connectivity index (χ1v) is 27.2. The Bertz CT molecular complexity index is 2520. The maximum absolute atomic E-state index is 15.0. The Labute approximate surface area is 449 Å². The third-order valence-electron chi connectivity index (χ3n) is 15.2. The molecule has 0 aromatic carbocycles. The van der Waals surface area contributed by atoms with Gasteiger partial charge in [0.1, 0.15) is 12.2 Å². The number of carbonyl (C=O) groups is 3. The minimum absolute atomic E-state index is 0. The summed E-state index contributed by atoms with van der Waals surface area (Å²) in [6, 6.07) is 6.22. The van der Waals surface area contributed by atoms with Crippen LogP contribution in [0.5, 0.6) is 0 Å². The minimum Gasteiger partial charge on any atom is -0.664 e. The summed E-state index contributed by atoms with van der Waals surface area (Å²) in [4.78, 5) is 62.1. The molecule has 388 valence electrons. The summed E-state index contributed by atoms with van der Waals surface area (Å²) in [7, 11) is 1.38. The van der Waals surface area contributed by atoms with Gasteiger partial charge in [0.25, 0.3) is 5.91 Å². The van der Waals surface area contributed by atoms with Crippen molar-refractivity contribution in [1.29, 1.82) is 0 Å². The zero-order valence-electron chi connectivity index (χ0n) is 46.8. The molecule has 2 N–H and O–H groups in total. The maximum atomic E-state index is 15.0. The van der Waals surface area contributed by atoms with Crippen LogP contribution in [0.3, 0.4) is 0 Å². The van der Waals surface area contributed by atoms with E-state index in [1.54, 1.807) is 0 Å². The van der Waals surface area contributed by atoms with Crippen LogP contribution < -0.4 is 19.9 Å². The molecule has 8 bridgehead atoms. The molecule has 1 amide bonds. The second-order valence-electron chi connectivity index (χ2n) is 21.4. The molecule has 0 saturated carbocycles. The number of nitrogens with zero attached hydrogens (tertiary/aromatic N) is 3. The predicted octanol–water partition coefficient (Wildman–Crippen LogP) is 12.6. The molecule has 0 saturated heterocycles. The summed E-state index contributed by atoms with van der Waals surface area (Å²) in [5, 5.41) is 0. The first-order valence-electron chi connectivity index (χ1n) is 27.2. The smallest absolute Gasteiger partial charge is 0.664 e. The van der Waals surface area contributed by atoms with Crippen LogP contribution in [0, 0.1) is 24.7 Å². The second kappa shape index (κ2) is 28.8. The predicted molar refractivity (Wildman–Crippen MR) is 296 cm³/mol. The van der Waals surface area contributed by atoms with Gasteiger partial charge in [-0.15, -0.1) is 22.4 Å². The van der Waals surface area contributed by atoms with Gasteiger partial charge in [-0.2, -0.15) is 0 Å². The van der Waals surface area contributed by atoms with Crippen molar-refractivity contribution in [2.45, 2.75) is 191 Å². The zero-order chi connectivity index (χ0) is 51.9. The molecule has 4 unspecified atom stereocenters. The minimum atomic E-state index is -0.452. The van der Waals surface area contributed by atoms with Crippen LogP contribution in [0.4, 0.5) is 0 Å². The largest absolute Gasteiger partial charge is 2.00 e. The molecule has 0 radical (unpaired) electrons. The number of ether oxygens (including phenoxy) is 2. The Kier molecular flexibility index (Phi) is 24.1. The van der Waals surface area contributed by atoms with Crippen LogP contribution in [0.1, 0.15) is 222 Å². The van der Waals surface area contributed by atoms with Crippen molar-refractivity contribution in [3.8, 4) is 0 Å². The Morgan fingerprint density at radius 1 is 0.792 bits per heavy atom. The molecule has 10 nitrogen and oxygen atoms in total. The van der Waals surface area contributed by atoms with Crippen molar-refractivity contribution in [3.63, 3.8) is 0 Å². The molecule has 3 aliphatic heterocycles.